The van der Waals surface area contributed by atoms with Gasteiger partial charge in [-0.1, -0.05) is 17.7 Å². The highest BCUT2D eigenvalue weighted by molar-refractivity contribution is 6.31. The minimum absolute atomic E-state index is 0.187. The quantitative estimate of drug-likeness (QED) is 0.813. The first-order valence-electron chi connectivity index (χ1n) is 5.57. The highest BCUT2D eigenvalue weighted by atomic mass is 35.5. The minimum Gasteiger partial charge on any atom is -0.369 e. The van der Waals surface area contributed by atoms with Gasteiger partial charge in [-0.05, 0) is 38.5 Å². The molecule has 0 saturated heterocycles. The van der Waals surface area contributed by atoms with Gasteiger partial charge in [0.2, 0.25) is 11.9 Å². The van der Waals surface area contributed by atoms with Crippen molar-refractivity contribution in [1.29, 1.82) is 0 Å². The zero-order chi connectivity index (χ0) is 13.5. The lowest BCUT2D eigenvalue weighted by Crippen LogP contribution is -2.54. The van der Waals surface area contributed by atoms with Crippen molar-refractivity contribution in [2.24, 2.45) is 21.5 Å². The Labute approximate surface area is 111 Å². The predicted molar refractivity (Wildman–Crippen MR) is 76.0 cm³/mol. The van der Waals surface area contributed by atoms with Crippen LogP contribution < -0.4 is 16.4 Å². The summed E-state index contributed by atoms with van der Waals surface area (Å²) in [5.74, 6) is 0.499. The average Bonchev–Trinajstić information content (AvgIpc) is 2.20. The number of hydrogen-bond donors (Lipinski definition) is 2. The smallest absolute Gasteiger partial charge is 0.220 e. The summed E-state index contributed by atoms with van der Waals surface area (Å²) in [5.41, 5.74) is 12.8. The van der Waals surface area contributed by atoms with Crippen molar-refractivity contribution in [2.75, 3.05) is 4.90 Å². The Balaban J connectivity index is 2.50. The van der Waals surface area contributed by atoms with Gasteiger partial charge in [-0.2, -0.15) is 4.99 Å². The number of rotatable bonds is 1. The number of nitrogens with zero attached hydrogens (tertiary/aromatic N) is 3. The van der Waals surface area contributed by atoms with E-state index in [0.29, 0.717) is 11.0 Å². The number of halogens is 1. The number of guanidine groups is 2. The SMILES string of the molecule is Cc1ccc(N2C(N)=NC(N)=NC2(C)C)cc1Cl. The fraction of sp³-hybridized carbons (Fsp3) is 0.333. The van der Waals surface area contributed by atoms with Crippen LogP contribution in [0.5, 0.6) is 0 Å². The molecule has 0 atom stereocenters. The molecule has 0 fully saturated rings. The summed E-state index contributed by atoms with van der Waals surface area (Å²) < 4.78 is 0. The first kappa shape index (κ1) is 12.7. The van der Waals surface area contributed by atoms with Crippen LogP contribution in [0.3, 0.4) is 0 Å². The lowest BCUT2D eigenvalue weighted by Gasteiger charge is -2.38. The monoisotopic (exact) mass is 265 g/mol. The third-order valence-corrected chi connectivity index (χ3v) is 3.21. The normalized spacial score (nSPS) is 18.3. The number of benzene rings is 1. The summed E-state index contributed by atoms with van der Waals surface area (Å²) in [4.78, 5) is 10.1. The molecule has 0 amide bonds. The fourth-order valence-corrected chi connectivity index (χ4v) is 2.15. The molecule has 0 bridgehead atoms. The van der Waals surface area contributed by atoms with Gasteiger partial charge >= 0.3 is 0 Å². The molecular formula is C12H16ClN5. The molecule has 1 aliphatic rings. The van der Waals surface area contributed by atoms with Crippen LogP contribution in [0.15, 0.2) is 28.2 Å². The lowest BCUT2D eigenvalue weighted by atomic mass is 10.1. The van der Waals surface area contributed by atoms with E-state index >= 15 is 0 Å². The van der Waals surface area contributed by atoms with Gasteiger partial charge in [0.05, 0.1) is 0 Å². The molecule has 1 aromatic rings. The molecule has 96 valence electrons. The van der Waals surface area contributed by atoms with Gasteiger partial charge in [-0.15, -0.1) is 0 Å². The Kier molecular flexibility index (Phi) is 2.94. The molecule has 1 aromatic carbocycles. The zero-order valence-corrected chi connectivity index (χ0v) is 11.4. The molecule has 6 heteroatoms. The lowest BCUT2D eigenvalue weighted by molar-refractivity contribution is 0.534. The van der Waals surface area contributed by atoms with Crippen LogP contribution in [0.1, 0.15) is 19.4 Å². The summed E-state index contributed by atoms with van der Waals surface area (Å²) in [7, 11) is 0. The van der Waals surface area contributed by atoms with E-state index in [1.165, 1.54) is 0 Å². The molecule has 0 aromatic heterocycles. The van der Waals surface area contributed by atoms with Gasteiger partial charge in [-0.3, -0.25) is 4.90 Å². The molecular weight excluding hydrogens is 250 g/mol. The van der Waals surface area contributed by atoms with Gasteiger partial charge < -0.3 is 11.5 Å². The number of aliphatic imine (C=N–C) groups is 2. The zero-order valence-electron chi connectivity index (χ0n) is 10.6. The van der Waals surface area contributed by atoms with Crippen LogP contribution in [0.25, 0.3) is 0 Å². The van der Waals surface area contributed by atoms with Gasteiger partial charge in [0, 0.05) is 10.7 Å². The minimum atomic E-state index is -0.589. The maximum atomic E-state index is 6.13. The van der Waals surface area contributed by atoms with Crippen LogP contribution in [0.2, 0.25) is 5.02 Å². The summed E-state index contributed by atoms with van der Waals surface area (Å²) >= 11 is 6.13. The maximum Gasteiger partial charge on any atom is 0.220 e. The summed E-state index contributed by atoms with van der Waals surface area (Å²) in [6.45, 7) is 5.77. The van der Waals surface area contributed by atoms with Crippen molar-refractivity contribution in [2.45, 2.75) is 26.4 Å². The molecule has 18 heavy (non-hydrogen) atoms. The van der Waals surface area contributed by atoms with Gasteiger partial charge in [0.15, 0.2) is 0 Å². The van der Waals surface area contributed by atoms with E-state index in [9.17, 15) is 0 Å². The molecule has 0 unspecified atom stereocenters. The van der Waals surface area contributed by atoms with E-state index in [0.717, 1.165) is 11.3 Å². The van der Waals surface area contributed by atoms with Crippen molar-refractivity contribution in [1.82, 2.24) is 0 Å². The van der Waals surface area contributed by atoms with Crippen molar-refractivity contribution < 1.29 is 0 Å². The van der Waals surface area contributed by atoms with E-state index in [1.807, 2.05) is 39.0 Å². The highest BCUT2D eigenvalue weighted by Gasteiger charge is 2.33. The van der Waals surface area contributed by atoms with Gasteiger partial charge in [0.1, 0.15) is 5.66 Å². The standard InChI is InChI=1S/C12H16ClN5/c1-7-4-5-8(6-9(7)13)18-11(15)16-10(14)17-12(18,2)3/h4-6H,1-3H3,(H4,14,15,16,17). The molecule has 0 saturated carbocycles. The van der Waals surface area contributed by atoms with E-state index in [4.69, 9.17) is 23.1 Å². The van der Waals surface area contributed by atoms with Crippen molar-refractivity contribution in [3.05, 3.63) is 28.8 Å². The Hall–Kier alpha value is -1.75. The molecule has 0 radical (unpaired) electrons. The Morgan fingerprint density at radius 2 is 1.94 bits per heavy atom. The number of nitrogens with two attached hydrogens (primary N) is 2. The first-order valence-corrected chi connectivity index (χ1v) is 5.95. The molecule has 5 nitrogen and oxygen atoms in total. The second-order valence-corrected chi connectivity index (χ2v) is 5.11. The van der Waals surface area contributed by atoms with Crippen LogP contribution in [-0.2, 0) is 0 Å². The number of aryl methyl sites for hydroxylation is 1. The predicted octanol–water partition coefficient (Wildman–Crippen LogP) is 1.83. The maximum absolute atomic E-state index is 6.13. The first-order chi connectivity index (χ1) is 8.31. The van der Waals surface area contributed by atoms with E-state index in [-0.39, 0.29) is 5.96 Å². The molecule has 2 rings (SSSR count). The van der Waals surface area contributed by atoms with E-state index in [1.54, 1.807) is 4.90 Å². The topological polar surface area (TPSA) is 80.0 Å². The van der Waals surface area contributed by atoms with E-state index in [2.05, 4.69) is 9.98 Å². The van der Waals surface area contributed by atoms with Gasteiger partial charge in [-0.25, -0.2) is 4.99 Å². The third-order valence-electron chi connectivity index (χ3n) is 2.81. The second-order valence-electron chi connectivity index (χ2n) is 4.70. The van der Waals surface area contributed by atoms with Crippen LogP contribution in [0.4, 0.5) is 5.69 Å². The third kappa shape index (κ3) is 2.13. The summed E-state index contributed by atoms with van der Waals surface area (Å²) in [6.07, 6.45) is 0. The van der Waals surface area contributed by atoms with Crippen LogP contribution in [-0.4, -0.2) is 17.6 Å². The Morgan fingerprint density at radius 1 is 1.28 bits per heavy atom. The van der Waals surface area contributed by atoms with Crippen LogP contribution >= 0.6 is 11.6 Å². The molecule has 0 spiro atoms. The largest absolute Gasteiger partial charge is 0.369 e. The fourth-order valence-electron chi connectivity index (χ4n) is 1.97. The average molecular weight is 266 g/mol. The molecule has 1 heterocycles. The molecule has 1 aliphatic heterocycles. The van der Waals surface area contributed by atoms with Crippen molar-refractivity contribution in [3.8, 4) is 0 Å². The van der Waals surface area contributed by atoms with Gasteiger partial charge in [0.25, 0.3) is 0 Å². The van der Waals surface area contributed by atoms with Crippen LogP contribution in [0, 0.1) is 6.92 Å². The number of anilines is 1. The Bertz CT molecular complexity index is 547. The summed E-state index contributed by atoms with van der Waals surface area (Å²) in [6, 6.07) is 5.71. The second kappa shape index (κ2) is 4.17. The number of hydrogen-bond acceptors (Lipinski definition) is 5. The molecule has 4 N–H and O–H groups in total. The summed E-state index contributed by atoms with van der Waals surface area (Å²) in [5, 5.41) is 0.679. The van der Waals surface area contributed by atoms with E-state index < -0.39 is 5.66 Å². The van der Waals surface area contributed by atoms with Crippen molar-refractivity contribution in [3.63, 3.8) is 0 Å². The van der Waals surface area contributed by atoms with Crippen molar-refractivity contribution >= 4 is 29.2 Å². The Morgan fingerprint density at radius 3 is 2.50 bits per heavy atom. The molecule has 0 aliphatic carbocycles. The highest BCUT2D eigenvalue weighted by Crippen LogP contribution is 2.30.